The van der Waals surface area contributed by atoms with Gasteiger partial charge in [-0.05, 0) is 44.1 Å². The Kier molecular flexibility index (Phi) is 5.37. The topological polar surface area (TPSA) is 98.7 Å². The highest BCUT2D eigenvalue weighted by Crippen LogP contribution is 2.30. The molecule has 1 atom stereocenters. The van der Waals surface area contributed by atoms with Crippen LogP contribution in [-0.2, 0) is 14.3 Å². The van der Waals surface area contributed by atoms with Crippen LogP contribution >= 0.6 is 0 Å². The van der Waals surface area contributed by atoms with Crippen molar-refractivity contribution in [3.63, 3.8) is 0 Å². The average molecular weight is 283 g/mol. The van der Waals surface area contributed by atoms with Crippen LogP contribution in [0, 0.1) is 11.8 Å². The van der Waals surface area contributed by atoms with Crippen LogP contribution in [0.25, 0.3) is 0 Å². The van der Waals surface area contributed by atoms with E-state index >= 15 is 0 Å². The smallest absolute Gasteiger partial charge is 0.242 e. The molecule has 6 heteroatoms. The van der Waals surface area contributed by atoms with Crippen LogP contribution in [0.1, 0.15) is 32.1 Å². The van der Waals surface area contributed by atoms with Crippen LogP contribution in [-0.4, -0.2) is 49.1 Å². The lowest BCUT2D eigenvalue weighted by Gasteiger charge is -2.35. The van der Waals surface area contributed by atoms with Crippen molar-refractivity contribution in [1.82, 2.24) is 4.90 Å². The Balaban J connectivity index is 1.86. The van der Waals surface area contributed by atoms with Crippen molar-refractivity contribution in [1.29, 1.82) is 0 Å². The summed E-state index contributed by atoms with van der Waals surface area (Å²) in [6.45, 7) is 1.91. The van der Waals surface area contributed by atoms with E-state index in [0.717, 1.165) is 32.2 Å². The zero-order valence-corrected chi connectivity index (χ0v) is 11.9. The quantitative estimate of drug-likeness (QED) is 0.750. The molecular weight excluding hydrogens is 258 g/mol. The molecule has 1 saturated carbocycles. The van der Waals surface area contributed by atoms with Crippen LogP contribution in [0.2, 0.25) is 0 Å². The number of hydrogen-bond acceptors (Lipinski definition) is 4. The fourth-order valence-electron chi connectivity index (χ4n) is 3.17. The molecule has 1 heterocycles. The number of carbonyl (C=O) groups is 2. The molecule has 0 aromatic rings. The minimum absolute atomic E-state index is 0.0355. The predicted octanol–water partition coefficient (Wildman–Crippen LogP) is -0.146. The molecule has 0 aromatic carbocycles. The molecule has 1 unspecified atom stereocenters. The monoisotopic (exact) mass is 283 g/mol. The summed E-state index contributed by atoms with van der Waals surface area (Å²) < 4.78 is 5.23. The highest BCUT2D eigenvalue weighted by Gasteiger charge is 2.33. The van der Waals surface area contributed by atoms with Crippen LogP contribution < -0.4 is 11.5 Å². The molecule has 1 aliphatic heterocycles. The van der Waals surface area contributed by atoms with Gasteiger partial charge in [-0.15, -0.1) is 0 Å². The Morgan fingerprint density at radius 3 is 2.40 bits per heavy atom. The molecule has 4 N–H and O–H groups in total. The SMILES string of the molecule is NCC1CCC(CC(=O)N2CCOCC2C(N)=O)CC1. The Morgan fingerprint density at radius 1 is 1.15 bits per heavy atom. The number of amides is 2. The maximum atomic E-state index is 12.4. The van der Waals surface area contributed by atoms with Gasteiger partial charge in [-0.25, -0.2) is 0 Å². The van der Waals surface area contributed by atoms with E-state index in [1.807, 2.05) is 0 Å². The summed E-state index contributed by atoms with van der Waals surface area (Å²) in [4.78, 5) is 25.3. The Bertz CT molecular complexity index is 354. The second kappa shape index (κ2) is 7.04. The lowest BCUT2D eigenvalue weighted by Crippen LogP contribution is -2.55. The van der Waals surface area contributed by atoms with Crippen LogP contribution in [0.3, 0.4) is 0 Å². The molecule has 20 heavy (non-hydrogen) atoms. The lowest BCUT2D eigenvalue weighted by molar-refractivity contribution is -0.148. The van der Waals surface area contributed by atoms with Crippen LogP contribution in [0.5, 0.6) is 0 Å². The molecule has 2 aliphatic rings. The maximum Gasteiger partial charge on any atom is 0.242 e. The van der Waals surface area contributed by atoms with Gasteiger partial charge in [0.25, 0.3) is 0 Å². The molecule has 1 aliphatic carbocycles. The minimum Gasteiger partial charge on any atom is -0.377 e. The van der Waals surface area contributed by atoms with Gasteiger partial charge in [0.2, 0.25) is 11.8 Å². The predicted molar refractivity (Wildman–Crippen MR) is 74.6 cm³/mol. The zero-order chi connectivity index (χ0) is 14.5. The van der Waals surface area contributed by atoms with Gasteiger partial charge in [0.1, 0.15) is 6.04 Å². The molecule has 2 fully saturated rings. The highest BCUT2D eigenvalue weighted by molar-refractivity contribution is 5.87. The highest BCUT2D eigenvalue weighted by atomic mass is 16.5. The van der Waals surface area contributed by atoms with Crippen molar-refractivity contribution in [2.45, 2.75) is 38.1 Å². The molecule has 6 nitrogen and oxygen atoms in total. The minimum atomic E-state index is -0.600. The lowest BCUT2D eigenvalue weighted by atomic mass is 9.80. The third-order valence-corrected chi connectivity index (χ3v) is 4.54. The maximum absolute atomic E-state index is 12.4. The molecular formula is C14H25N3O3. The van der Waals surface area contributed by atoms with Gasteiger partial charge in [0.15, 0.2) is 0 Å². The number of rotatable bonds is 4. The Morgan fingerprint density at radius 2 is 1.80 bits per heavy atom. The molecule has 0 aromatic heterocycles. The summed E-state index contributed by atoms with van der Waals surface area (Å²) in [5.41, 5.74) is 11.0. The summed E-state index contributed by atoms with van der Waals surface area (Å²) in [5, 5.41) is 0. The van der Waals surface area contributed by atoms with Crippen molar-refractivity contribution in [2.24, 2.45) is 23.3 Å². The van der Waals surface area contributed by atoms with E-state index in [4.69, 9.17) is 16.2 Å². The van der Waals surface area contributed by atoms with Gasteiger partial charge >= 0.3 is 0 Å². The molecule has 0 bridgehead atoms. The largest absolute Gasteiger partial charge is 0.377 e. The van der Waals surface area contributed by atoms with Gasteiger partial charge in [0, 0.05) is 13.0 Å². The van der Waals surface area contributed by atoms with E-state index in [1.54, 1.807) is 4.90 Å². The first kappa shape index (κ1) is 15.3. The first-order chi connectivity index (χ1) is 9.61. The Hall–Kier alpha value is -1.14. The van der Waals surface area contributed by atoms with E-state index < -0.39 is 11.9 Å². The third-order valence-electron chi connectivity index (χ3n) is 4.54. The number of hydrogen-bond donors (Lipinski definition) is 2. The van der Waals surface area contributed by atoms with E-state index in [0.29, 0.717) is 31.4 Å². The summed E-state index contributed by atoms with van der Waals surface area (Å²) in [5.74, 6) is 0.586. The number of ether oxygens (including phenoxy) is 1. The summed E-state index contributed by atoms with van der Waals surface area (Å²) >= 11 is 0. The fourth-order valence-corrected chi connectivity index (χ4v) is 3.17. The first-order valence-electron chi connectivity index (χ1n) is 7.48. The summed E-state index contributed by atoms with van der Waals surface area (Å²) in [7, 11) is 0. The molecule has 0 spiro atoms. The molecule has 1 saturated heterocycles. The fraction of sp³-hybridized carbons (Fsp3) is 0.857. The van der Waals surface area contributed by atoms with Crippen LogP contribution in [0.15, 0.2) is 0 Å². The summed E-state index contributed by atoms with van der Waals surface area (Å²) in [6.07, 6.45) is 4.84. The number of carbonyl (C=O) groups excluding carboxylic acids is 2. The number of morpholine rings is 1. The molecule has 2 amide bonds. The second-order valence-electron chi connectivity index (χ2n) is 5.91. The number of nitrogens with two attached hydrogens (primary N) is 2. The van der Waals surface area contributed by atoms with Gasteiger partial charge in [0.05, 0.1) is 13.2 Å². The normalized spacial score (nSPS) is 31.1. The molecule has 2 rings (SSSR count). The van der Waals surface area contributed by atoms with Crippen molar-refractivity contribution in [3.8, 4) is 0 Å². The van der Waals surface area contributed by atoms with Gasteiger partial charge in [-0.1, -0.05) is 0 Å². The van der Waals surface area contributed by atoms with Crippen molar-refractivity contribution < 1.29 is 14.3 Å². The van der Waals surface area contributed by atoms with E-state index in [-0.39, 0.29) is 12.5 Å². The second-order valence-corrected chi connectivity index (χ2v) is 5.91. The van der Waals surface area contributed by atoms with Gasteiger partial charge < -0.3 is 21.1 Å². The third kappa shape index (κ3) is 3.70. The first-order valence-corrected chi connectivity index (χ1v) is 7.48. The molecule has 0 radical (unpaired) electrons. The average Bonchev–Trinajstić information content (AvgIpc) is 2.48. The van der Waals surface area contributed by atoms with E-state index in [9.17, 15) is 9.59 Å². The standard InChI is InChI=1S/C14H25N3O3/c15-8-11-3-1-10(2-4-11)7-13(18)17-5-6-20-9-12(17)14(16)19/h10-12H,1-9,15H2,(H2,16,19). The van der Waals surface area contributed by atoms with E-state index in [2.05, 4.69) is 0 Å². The van der Waals surface area contributed by atoms with Crippen LogP contribution in [0.4, 0.5) is 0 Å². The number of primary amides is 1. The van der Waals surface area contributed by atoms with Crippen molar-refractivity contribution in [2.75, 3.05) is 26.3 Å². The summed E-state index contributed by atoms with van der Waals surface area (Å²) in [6, 6.07) is -0.600. The van der Waals surface area contributed by atoms with Gasteiger partial charge in [-0.2, -0.15) is 0 Å². The Labute approximate surface area is 119 Å². The van der Waals surface area contributed by atoms with E-state index in [1.165, 1.54) is 0 Å². The van der Waals surface area contributed by atoms with Crippen molar-refractivity contribution >= 4 is 11.8 Å². The van der Waals surface area contributed by atoms with Gasteiger partial charge in [-0.3, -0.25) is 9.59 Å². The zero-order valence-electron chi connectivity index (χ0n) is 11.9. The molecule has 114 valence electrons. The number of nitrogens with zero attached hydrogens (tertiary/aromatic N) is 1. The van der Waals surface area contributed by atoms with Crippen molar-refractivity contribution in [3.05, 3.63) is 0 Å².